The number of ether oxygens (including phenoxy) is 1. The van der Waals surface area contributed by atoms with E-state index in [-0.39, 0.29) is 17.2 Å². The summed E-state index contributed by atoms with van der Waals surface area (Å²) in [6.07, 6.45) is 0.988. The summed E-state index contributed by atoms with van der Waals surface area (Å²) in [5.74, 6) is 0.320. The molecule has 106 valence electrons. The van der Waals surface area contributed by atoms with Crippen LogP contribution in [0.4, 0.5) is 0 Å². The van der Waals surface area contributed by atoms with Crippen molar-refractivity contribution in [2.75, 3.05) is 0 Å². The lowest BCUT2D eigenvalue weighted by atomic mass is 9.79. The van der Waals surface area contributed by atoms with Gasteiger partial charge in [0.1, 0.15) is 0 Å². The van der Waals surface area contributed by atoms with Crippen molar-refractivity contribution in [1.29, 1.82) is 0 Å². The van der Waals surface area contributed by atoms with E-state index in [4.69, 9.17) is 10.5 Å². The summed E-state index contributed by atoms with van der Waals surface area (Å²) < 4.78 is 7.29. The monoisotopic (exact) mass is 325 g/mol. The van der Waals surface area contributed by atoms with E-state index in [0.717, 1.165) is 10.9 Å². The highest BCUT2D eigenvalue weighted by Gasteiger charge is 2.48. The van der Waals surface area contributed by atoms with Crippen LogP contribution in [0.15, 0.2) is 22.7 Å². The minimum absolute atomic E-state index is 0.00829. The third-order valence-electron chi connectivity index (χ3n) is 4.16. The normalized spacial score (nSPS) is 26.4. The van der Waals surface area contributed by atoms with Gasteiger partial charge in [0.25, 0.3) is 0 Å². The summed E-state index contributed by atoms with van der Waals surface area (Å²) >= 11 is 3.67. The molecular formula is C16H24BrNO. The molecule has 19 heavy (non-hydrogen) atoms. The van der Waals surface area contributed by atoms with Gasteiger partial charge in [0.15, 0.2) is 0 Å². The predicted molar refractivity (Wildman–Crippen MR) is 83.2 cm³/mol. The van der Waals surface area contributed by atoms with E-state index in [1.54, 1.807) is 0 Å². The van der Waals surface area contributed by atoms with E-state index in [2.05, 4.69) is 68.7 Å². The van der Waals surface area contributed by atoms with E-state index in [0.29, 0.717) is 5.92 Å². The molecule has 2 unspecified atom stereocenters. The molecule has 1 aliphatic heterocycles. The summed E-state index contributed by atoms with van der Waals surface area (Å²) in [5.41, 5.74) is 8.68. The summed E-state index contributed by atoms with van der Waals surface area (Å²) in [6, 6.07) is 6.28. The van der Waals surface area contributed by atoms with Gasteiger partial charge in [-0.2, -0.15) is 0 Å². The molecular weight excluding hydrogens is 302 g/mol. The van der Waals surface area contributed by atoms with Crippen LogP contribution >= 0.6 is 15.9 Å². The summed E-state index contributed by atoms with van der Waals surface area (Å²) in [4.78, 5) is 0. The van der Waals surface area contributed by atoms with Gasteiger partial charge in [-0.15, -0.1) is 0 Å². The van der Waals surface area contributed by atoms with Crippen molar-refractivity contribution in [3.05, 3.63) is 33.8 Å². The van der Waals surface area contributed by atoms with Crippen molar-refractivity contribution >= 4 is 15.9 Å². The lowest BCUT2D eigenvalue weighted by Crippen LogP contribution is -2.36. The van der Waals surface area contributed by atoms with Crippen LogP contribution in [0.5, 0.6) is 0 Å². The Bertz CT molecular complexity index is 482. The minimum atomic E-state index is -0.188. The number of halogens is 1. The second kappa shape index (κ2) is 4.87. The highest BCUT2D eigenvalue weighted by molar-refractivity contribution is 9.10. The first-order valence-electron chi connectivity index (χ1n) is 6.85. The first-order chi connectivity index (χ1) is 8.64. The molecule has 0 radical (unpaired) electrons. The molecule has 1 fully saturated rings. The molecule has 0 bridgehead atoms. The van der Waals surface area contributed by atoms with E-state index < -0.39 is 0 Å². The van der Waals surface area contributed by atoms with Crippen LogP contribution in [0.25, 0.3) is 0 Å². The Kier molecular flexibility index (Phi) is 3.85. The summed E-state index contributed by atoms with van der Waals surface area (Å²) in [7, 11) is 0. The predicted octanol–water partition coefficient (Wildman–Crippen LogP) is 4.35. The lowest BCUT2D eigenvalue weighted by molar-refractivity contribution is -0.0767. The van der Waals surface area contributed by atoms with Gasteiger partial charge in [-0.1, -0.05) is 34.1 Å². The summed E-state index contributed by atoms with van der Waals surface area (Å²) in [5, 5.41) is 0. The Labute approximate surface area is 124 Å². The van der Waals surface area contributed by atoms with Crippen LogP contribution in [-0.4, -0.2) is 11.2 Å². The molecule has 0 saturated carbocycles. The molecule has 1 heterocycles. The number of aryl methyl sites for hydroxylation is 1. The molecule has 0 spiro atoms. The fourth-order valence-electron chi connectivity index (χ4n) is 3.31. The van der Waals surface area contributed by atoms with Crippen molar-refractivity contribution in [2.45, 2.75) is 58.3 Å². The minimum Gasteiger partial charge on any atom is -0.369 e. The Balaban J connectivity index is 2.34. The average Bonchev–Trinajstić information content (AvgIpc) is 2.50. The SMILES string of the molecule is Cc1cccc(C(N)C2CC(C)(C)OC2(C)C)c1Br. The second-order valence-electron chi connectivity index (χ2n) is 6.78. The third kappa shape index (κ3) is 2.88. The molecule has 3 heteroatoms. The average molecular weight is 326 g/mol. The molecule has 0 aliphatic carbocycles. The molecule has 0 aromatic heterocycles. The molecule has 0 amide bonds. The van der Waals surface area contributed by atoms with Crippen LogP contribution in [0.2, 0.25) is 0 Å². The van der Waals surface area contributed by atoms with Gasteiger partial charge >= 0.3 is 0 Å². The number of hydrogen-bond donors (Lipinski definition) is 1. The maximum atomic E-state index is 6.56. The maximum absolute atomic E-state index is 6.56. The number of benzene rings is 1. The van der Waals surface area contributed by atoms with E-state index >= 15 is 0 Å². The molecule has 2 nitrogen and oxygen atoms in total. The first kappa shape index (κ1) is 15.0. The van der Waals surface area contributed by atoms with Gasteiger partial charge in [0.2, 0.25) is 0 Å². The molecule has 1 aliphatic rings. The van der Waals surface area contributed by atoms with Crippen LogP contribution < -0.4 is 5.73 Å². The number of rotatable bonds is 2. The van der Waals surface area contributed by atoms with Crippen molar-refractivity contribution in [2.24, 2.45) is 11.7 Å². The first-order valence-corrected chi connectivity index (χ1v) is 7.64. The van der Waals surface area contributed by atoms with Gasteiger partial charge < -0.3 is 10.5 Å². The maximum Gasteiger partial charge on any atom is 0.0680 e. The van der Waals surface area contributed by atoms with Crippen molar-refractivity contribution in [3.63, 3.8) is 0 Å². The van der Waals surface area contributed by atoms with Gasteiger partial charge in [-0.05, 0) is 52.2 Å². The fourth-order valence-corrected chi connectivity index (χ4v) is 3.84. The van der Waals surface area contributed by atoms with E-state index in [9.17, 15) is 0 Å². The molecule has 1 aromatic carbocycles. The van der Waals surface area contributed by atoms with Gasteiger partial charge in [0, 0.05) is 16.4 Å². The largest absolute Gasteiger partial charge is 0.369 e. The van der Waals surface area contributed by atoms with E-state index in [1.165, 1.54) is 11.1 Å². The van der Waals surface area contributed by atoms with Crippen LogP contribution in [0, 0.1) is 12.8 Å². The Morgan fingerprint density at radius 2 is 1.95 bits per heavy atom. The summed E-state index contributed by atoms with van der Waals surface area (Å²) in [6.45, 7) is 10.7. The smallest absolute Gasteiger partial charge is 0.0680 e. The Morgan fingerprint density at radius 1 is 1.32 bits per heavy atom. The van der Waals surface area contributed by atoms with Crippen LogP contribution in [0.1, 0.15) is 51.3 Å². The molecule has 2 atom stereocenters. The quantitative estimate of drug-likeness (QED) is 0.877. The zero-order chi connectivity index (χ0) is 14.4. The zero-order valence-electron chi connectivity index (χ0n) is 12.5. The Hall–Kier alpha value is -0.380. The molecule has 2 rings (SSSR count). The second-order valence-corrected chi connectivity index (χ2v) is 7.57. The zero-order valence-corrected chi connectivity index (χ0v) is 14.0. The van der Waals surface area contributed by atoms with Crippen molar-refractivity contribution in [1.82, 2.24) is 0 Å². The standard InChI is InChI=1S/C16H24BrNO/c1-10-7-6-8-11(13(10)17)14(18)12-9-15(2,3)19-16(12,4)5/h6-8,12,14H,9,18H2,1-5H3. The fraction of sp³-hybridized carbons (Fsp3) is 0.625. The molecule has 2 N–H and O–H groups in total. The van der Waals surface area contributed by atoms with Gasteiger partial charge in [0.05, 0.1) is 11.2 Å². The highest BCUT2D eigenvalue weighted by Crippen LogP contribution is 2.47. The van der Waals surface area contributed by atoms with Gasteiger partial charge in [-0.25, -0.2) is 0 Å². The number of nitrogens with two attached hydrogens (primary N) is 1. The van der Waals surface area contributed by atoms with Crippen molar-refractivity contribution < 1.29 is 4.74 Å². The van der Waals surface area contributed by atoms with Crippen LogP contribution in [0.3, 0.4) is 0 Å². The third-order valence-corrected chi connectivity index (χ3v) is 5.24. The lowest BCUT2D eigenvalue weighted by Gasteiger charge is -2.31. The van der Waals surface area contributed by atoms with Gasteiger partial charge in [-0.3, -0.25) is 0 Å². The van der Waals surface area contributed by atoms with E-state index in [1.807, 2.05) is 0 Å². The van der Waals surface area contributed by atoms with Crippen molar-refractivity contribution in [3.8, 4) is 0 Å². The topological polar surface area (TPSA) is 35.2 Å². The highest BCUT2D eigenvalue weighted by atomic mass is 79.9. The molecule has 1 aromatic rings. The molecule has 1 saturated heterocycles. The Morgan fingerprint density at radius 3 is 2.47 bits per heavy atom. The van der Waals surface area contributed by atoms with Crippen LogP contribution in [-0.2, 0) is 4.74 Å². The number of hydrogen-bond acceptors (Lipinski definition) is 2.